The fourth-order valence-electron chi connectivity index (χ4n) is 5.30. The molecule has 0 amide bonds. The molecule has 0 aliphatic carbocycles. The summed E-state index contributed by atoms with van der Waals surface area (Å²) in [5.41, 5.74) is 0.0250. The summed E-state index contributed by atoms with van der Waals surface area (Å²) in [5, 5.41) is 12.9. The maximum absolute atomic E-state index is 15.5. The van der Waals surface area contributed by atoms with Crippen molar-refractivity contribution < 1.29 is 28.7 Å². The summed E-state index contributed by atoms with van der Waals surface area (Å²) in [5.74, 6) is -0.416. The summed E-state index contributed by atoms with van der Waals surface area (Å²) in [4.78, 5) is 27.6. The molecule has 222 valence electrons. The Morgan fingerprint density at radius 1 is 0.659 bits per heavy atom. The van der Waals surface area contributed by atoms with Gasteiger partial charge in [-0.1, -0.05) is 121 Å². The van der Waals surface area contributed by atoms with Gasteiger partial charge in [-0.15, -0.1) is 0 Å². The zero-order valence-corrected chi connectivity index (χ0v) is 25.1. The first kappa shape index (κ1) is 30.7. The highest BCUT2D eigenvalue weighted by atomic mass is 31.2. The number of hydrogen-bond acceptors (Lipinski definition) is 6. The molecular weight excluding hydrogens is 571 g/mol. The number of hydrogen-bond donors (Lipinski definition) is 1. The third-order valence-corrected chi connectivity index (χ3v) is 11.0. The Morgan fingerprint density at radius 2 is 1.11 bits per heavy atom. The van der Waals surface area contributed by atoms with Gasteiger partial charge in [0.1, 0.15) is 5.75 Å². The Balaban J connectivity index is 1.61. The molecule has 0 saturated carbocycles. The van der Waals surface area contributed by atoms with E-state index in [0.717, 1.165) is 0 Å². The Bertz CT molecular complexity index is 1670. The molecule has 5 aromatic rings. The monoisotopic (exact) mass is 604 g/mol. The van der Waals surface area contributed by atoms with E-state index in [1.165, 1.54) is 0 Å². The quantitative estimate of drug-likeness (QED) is 0.0980. The summed E-state index contributed by atoms with van der Waals surface area (Å²) in [6.45, 7) is 0. The lowest BCUT2D eigenvalue weighted by Crippen LogP contribution is -2.37. The largest absolute Gasteiger partial charge is 0.497 e. The third kappa shape index (κ3) is 6.73. The van der Waals surface area contributed by atoms with E-state index in [1.54, 1.807) is 141 Å². The molecule has 0 fully saturated rings. The third-order valence-electron chi connectivity index (χ3n) is 7.58. The van der Waals surface area contributed by atoms with Crippen LogP contribution in [0.25, 0.3) is 0 Å². The van der Waals surface area contributed by atoms with Crippen molar-refractivity contribution in [2.45, 2.75) is 24.3 Å². The predicted octanol–water partition coefficient (Wildman–Crippen LogP) is 6.61. The first-order chi connectivity index (χ1) is 21.4. The number of Topliss-reactive ketones (excluding diaryl/α,β-unsaturated/α-hetero) is 1. The molecule has 6 nitrogen and oxygen atoms in total. The number of carbonyl (C=O) groups is 2. The van der Waals surface area contributed by atoms with Crippen LogP contribution in [0.3, 0.4) is 0 Å². The Morgan fingerprint density at radius 3 is 1.59 bits per heavy atom. The Kier molecular flexibility index (Phi) is 9.86. The molecule has 0 bridgehead atoms. The predicted molar refractivity (Wildman–Crippen MR) is 173 cm³/mol. The lowest BCUT2D eigenvalue weighted by molar-refractivity contribution is -0.0221. The lowest BCUT2D eigenvalue weighted by Gasteiger charge is -2.32. The van der Waals surface area contributed by atoms with Crippen molar-refractivity contribution in [2.24, 2.45) is 0 Å². The second-order valence-electron chi connectivity index (χ2n) is 10.3. The van der Waals surface area contributed by atoms with Gasteiger partial charge in [-0.3, -0.25) is 4.79 Å². The number of ketones is 1. The average Bonchev–Trinajstić information content (AvgIpc) is 3.10. The van der Waals surface area contributed by atoms with Gasteiger partial charge < -0.3 is 19.1 Å². The van der Waals surface area contributed by atoms with E-state index in [1.807, 2.05) is 12.1 Å². The average molecular weight is 605 g/mol. The second kappa shape index (κ2) is 14.1. The number of aliphatic hydroxyl groups is 1. The molecule has 1 unspecified atom stereocenters. The fourth-order valence-corrected chi connectivity index (χ4v) is 8.54. The second-order valence-corrected chi connectivity index (χ2v) is 13.3. The van der Waals surface area contributed by atoms with Crippen LogP contribution in [-0.2, 0) is 9.30 Å². The topological polar surface area (TPSA) is 89.9 Å². The van der Waals surface area contributed by atoms with Crippen LogP contribution in [0.1, 0.15) is 38.8 Å². The van der Waals surface area contributed by atoms with Crippen molar-refractivity contribution in [1.29, 1.82) is 0 Å². The van der Waals surface area contributed by atoms with Gasteiger partial charge in [0.05, 0.1) is 24.4 Å². The van der Waals surface area contributed by atoms with Crippen LogP contribution in [0.4, 0.5) is 0 Å². The maximum Gasteiger partial charge on any atom is 0.338 e. The highest BCUT2D eigenvalue weighted by Crippen LogP contribution is 2.52. The number of rotatable bonds is 12. The molecule has 1 N–H and O–H groups in total. The van der Waals surface area contributed by atoms with Gasteiger partial charge >= 0.3 is 5.97 Å². The maximum atomic E-state index is 15.5. The van der Waals surface area contributed by atoms with Gasteiger partial charge in [0.25, 0.3) is 0 Å². The van der Waals surface area contributed by atoms with E-state index in [-0.39, 0.29) is 12.2 Å². The van der Waals surface area contributed by atoms with Gasteiger partial charge in [0.2, 0.25) is 0 Å². The summed E-state index contributed by atoms with van der Waals surface area (Å²) in [6, 6.07) is 41.7. The van der Waals surface area contributed by atoms with Crippen molar-refractivity contribution in [3.63, 3.8) is 0 Å². The number of methoxy groups -OCH3 is 1. The van der Waals surface area contributed by atoms with E-state index in [2.05, 4.69) is 0 Å². The van der Waals surface area contributed by atoms with Gasteiger partial charge in [0, 0.05) is 16.2 Å². The minimum atomic E-state index is -3.72. The highest BCUT2D eigenvalue weighted by molar-refractivity contribution is 7.80. The minimum absolute atomic E-state index is 0.243. The van der Waals surface area contributed by atoms with E-state index in [9.17, 15) is 14.7 Å². The van der Waals surface area contributed by atoms with E-state index in [4.69, 9.17) is 9.47 Å². The number of benzene rings is 5. The van der Waals surface area contributed by atoms with Crippen LogP contribution in [0.2, 0.25) is 0 Å². The van der Waals surface area contributed by atoms with Crippen molar-refractivity contribution in [2.75, 3.05) is 7.11 Å². The number of ether oxygens (including phenoxy) is 2. The normalized spacial score (nSPS) is 13.3. The molecule has 0 aliphatic heterocycles. The number of esters is 1. The van der Waals surface area contributed by atoms with Gasteiger partial charge in [-0.25, -0.2) is 4.79 Å². The van der Waals surface area contributed by atoms with E-state index < -0.39 is 31.0 Å². The van der Waals surface area contributed by atoms with Gasteiger partial charge in [-0.2, -0.15) is 0 Å². The first-order valence-corrected chi connectivity index (χ1v) is 16.1. The highest BCUT2D eigenvalue weighted by Gasteiger charge is 2.44. The molecule has 0 saturated heterocycles. The smallest absolute Gasteiger partial charge is 0.338 e. The molecule has 44 heavy (non-hydrogen) atoms. The zero-order chi connectivity index (χ0) is 30.9. The molecule has 5 aromatic carbocycles. The van der Waals surface area contributed by atoms with Crippen LogP contribution in [0, 0.1) is 0 Å². The van der Waals surface area contributed by atoms with E-state index in [0.29, 0.717) is 33.0 Å². The van der Waals surface area contributed by atoms with Crippen LogP contribution in [0.15, 0.2) is 146 Å². The molecule has 7 heteroatoms. The Hall–Kier alpha value is -4.77. The van der Waals surface area contributed by atoms with Crippen molar-refractivity contribution in [3.05, 3.63) is 162 Å². The minimum Gasteiger partial charge on any atom is -0.497 e. The van der Waals surface area contributed by atoms with Crippen molar-refractivity contribution in [1.82, 2.24) is 0 Å². The molecule has 0 radical (unpaired) electrons. The van der Waals surface area contributed by atoms with Crippen LogP contribution in [0.5, 0.6) is 5.75 Å². The Labute approximate surface area is 257 Å². The zero-order valence-electron chi connectivity index (χ0n) is 24.2. The number of aliphatic hydroxyl groups excluding tert-OH is 1. The van der Waals surface area contributed by atoms with Gasteiger partial charge in [-0.05, 0) is 36.2 Å². The van der Waals surface area contributed by atoms with Crippen LogP contribution >= 0.6 is 7.14 Å². The van der Waals surface area contributed by atoms with Crippen molar-refractivity contribution >= 4 is 29.5 Å². The van der Waals surface area contributed by atoms with E-state index >= 15 is 4.57 Å². The molecule has 3 atom stereocenters. The summed E-state index contributed by atoms with van der Waals surface area (Å²) in [6.07, 6.45) is -2.80. The molecule has 0 spiro atoms. The molecule has 0 aromatic heterocycles. The summed E-state index contributed by atoms with van der Waals surface area (Å²) >= 11 is 0. The number of carbonyl (C=O) groups excluding carboxylic acids is 2. The van der Waals surface area contributed by atoms with Crippen LogP contribution < -0.4 is 15.3 Å². The van der Waals surface area contributed by atoms with Crippen LogP contribution in [-0.4, -0.2) is 35.7 Å². The fraction of sp³-hybridized carbons (Fsp3) is 0.135. The molecular formula is C37H33O6P. The van der Waals surface area contributed by atoms with Crippen molar-refractivity contribution in [3.8, 4) is 5.75 Å². The standard InChI is InChI=1S/C37H33O6P/c1-42-30-24-22-28(23-25-30)36(43-37(40)29-16-8-3-9-17-29)33(38)26-34(35(39)27-14-6-2-7-15-27)44(41,31-18-10-4-11-19-31)32-20-12-5-13-21-32/h2-25,33-34,36,38H,26H2,1H3/t33-,34?,36-/m0/s1. The molecule has 0 heterocycles. The lowest BCUT2D eigenvalue weighted by atomic mass is 9.97. The summed E-state index contributed by atoms with van der Waals surface area (Å²) in [7, 11) is -2.17. The SMILES string of the molecule is COc1ccc([C@H](OC(=O)c2ccccc2)[C@@H](O)CC(C(=O)c2ccccc2)P(=O)(c2ccccc2)c2ccccc2)cc1. The van der Waals surface area contributed by atoms with Gasteiger partial charge in [0.15, 0.2) is 19.0 Å². The molecule has 0 aliphatic rings. The molecule has 5 rings (SSSR count). The first-order valence-electron chi connectivity index (χ1n) is 14.3. The summed E-state index contributed by atoms with van der Waals surface area (Å²) < 4.78 is 26.7.